The van der Waals surface area contributed by atoms with E-state index in [1.54, 1.807) is 51.1 Å². The molecule has 0 spiro atoms. The van der Waals surface area contributed by atoms with Crippen LogP contribution in [0.15, 0.2) is 51.9 Å². The maximum atomic E-state index is 13.3. The van der Waals surface area contributed by atoms with Crippen molar-refractivity contribution in [2.24, 2.45) is 5.41 Å². The molecule has 152 valence electrons. The largest absolute Gasteiger partial charge is 0.673 e. The molecule has 0 bridgehead atoms. The van der Waals surface area contributed by atoms with Gasteiger partial charge in [0, 0.05) is 12.7 Å². The summed E-state index contributed by atoms with van der Waals surface area (Å²) in [4.78, 5) is 15.1. The minimum atomic E-state index is -6.00. The van der Waals surface area contributed by atoms with Crippen LogP contribution in [0.1, 0.15) is 18.0 Å². The Morgan fingerprint density at radius 3 is 2.11 bits per heavy atom. The first-order valence-corrected chi connectivity index (χ1v) is 11.6. The first-order valence-electron chi connectivity index (χ1n) is 8.06. The highest BCUT2D eigenvalue weighted by Gasteiger charge is 2.59. The van der Waals surface area contributed by atoms with E-state index in [1.807, 2.05) is 37.4 Å². The molecule has 1 amide bonds. The second kappa shape index (κ2) is 9.19. The maximum Gasteiger partial charge on any atom is 0.673 e. The third-order valence-corrected chi connectivity index (χ3v) is 10.2. The van der Waals surface area contributed by atoms with E-state index in [-0.39, 0.29) is 9.99 Å². The van der Waals surface area contributed by atoms with Crippen molar-refractivity contribution in [3.8, 4) is 0 Å². The quantitative estimate of drug-likeness (QED) is 0.270. The molecule has 0 atom stereocenters. The Morgan fingerprint density at radius 2 is 1.64 bits per heavy atom. The molecule has 2 aromatic rings. The summed E-state index contributed by atoms with van der Waals surface area (Å²) in [5, 5.41) is 8.41. The summed E-state index contributed by atoms with van der Waals surface area (Å²) in [6.45, 7) is 4.13. The lowest BCUT2D eigenvalue weighted by Crippen LogP contribution is -2.48. The fourth-order valence-electron chi connectivity index (χ4n) is 2.61. The van der Waals surface area contributed by atoms with Crippen LogP contribution in [0.25, 0.3) is 0 Å². The Kier molecular flexibility index (Phi) is 7.63. The van der Waals surface area contributed by atoms with Crippen molar-refractivity contribution < 1.29 is 22.1 Å². The van der Waals surface area contributed by atoms with Crippen molar-refractivity contribution in [3.05, 3.63) is 56.1 Å². The Labute approximate surface area is 178 Å². The Bertz CT molecular complexity index is 798. The van der Waals surface area contributed by atoms with Crippen molar-refractivity contribution in [3.63, 3.8) is 0 Å². The normalized spacial score (nSPS) is 15.7. The van der Waals surface area contributed by atoms with E-state index in [0.717, 1.165) is 5.69 Å². The lowest BCUT2D eigenvalue weighted by Gasteiger charge is -2.39. The molecule has 0 unspecified atom stereocenters. The minimum Gasteiger partial charge on any atom is -0.418 e. The van der Waals surface area contributed by atoms with Gasteiger partial charge >= 0.3 is 7.25 Å². The van der Waals surface area contributed by atoms with Crippen LogP contribution in [0.4, 0.5) is 23.0 Å². The van der Waals surface area contributed by atoms with E-state index in [1.165, 1.54) is 4.19 Å². The van der Waals surface area contributed by atoms with Gasteiger partial charge in [0.25, 0.3) is 4.19 Å². The topological polar surface area (TPSA) is 20.3 Å². The number of halogens is 4. The zero-order valence-electron chi connectivity index (χ0n) is 15.3. The number of carbonyl (C=O) groups is 1. The lowest BCUT2D eigenvalue weighted by molar-refractivity contribution is -0.126. The van der Waals surface area contributed by atoms with E-state index in [0.29, 0.717) is 0 Å². The molecular weight excluding hydrogens is 449 g/mol. The average molecular weight is 467 g/mol. The van der Waals surface area contributed by atoms with Crippen LogP contribution in [-0.4, -0.2) is 20.2 Å². The number of nitrogens with zero attached hydrogens (tertiary/aromatic N) is 1. The molecule has 1 aliphatic heterocycles. The smallest absolute Gasteiger partial charge is 0.418 e. The molecule has 1 aromatic heterocycles. The van der Waals surface area contributed by atoms with E-state index in [2.05, 4.69) is 35.4 Å². The Hall–Kier alpha value is -1.04. The summed E-state index contributed by atoms with van der Waals surface area (Å²) in [7, 11) is -4.14. The molecule has 11 heteroatoms. The fraction of sp³-hybridized carbons (Fsp3) is 0.294. The first kappa shape index (κ1) is 23.2. The monoisotopic (exact) mass is 467 g/mol. The van der Waals surface area contributed by atoms with Crippen molar-refractivity contribution in [1.82, 2.24) is 0 Å². The van der Waals surface area contributed by atoms with Crippen molar-refractivity contribution in [2.75, 3.05) is 11.9 Å². The fourth-order valence-corrected chi connectivity index (χ4v) is 8.17. The second-order valence-electron chi connectivity index (χ2n) is 6.24. The van der Waals surface area contributed by atoms with Gasteiger partial charge < -0.3 is 22.2 Å². The van der Waals surface area contributed by atoms with E-state index in [4.69, 9.17) is 0 Å². The number of rotatable bonds is 4. The van der Waals surface area contributed by atoms with Gasteiger partial charge in [0.1, 0.15) is 10.8 Å². The predicted molar refractivity (Wildman–Crippen MR) is 116 cm³/mol. The van der Waals surface area contributed by atoms with E-state index in [9.17, 15) is 22.1 Å². The zero-order chi connectivity index (χ0) is 21.0. The number of para-hydroxylation sites is 1. The summed E-state index contributed by atoms with van der Waals surface area (Å²) >= 11 is 6.98. The Balaban J connectivity index is 0.000000500. The van der Waals surface area contributed by atoms with Crippen molar-refractivity contribution >= 4 is 65.0 Å². The second-order valence-corrected chi connectivity index (χ2v) is 10.8. The van der Waals surface area contributed by atoms with Crippen LogP contribution in [0.2, 0.25) is 0 Å². The molecule has 0 N–H and O–H groups in total. The summed E-state index contributed by atoms with van der Waals surface area (Å²) in [6.07, 6.45) is 0. The van der Waals surface area contributed by atoms with Crippen LogP contribution in [0.3, 0.4) is 0 Å². The van der Waals surface area contributed by atoms with Gasteiger partial charge in [-0.15, -0.1) is 23.5 Å². The van der Waals surface area contributed by atoms with Crippen LogP contribution >= 0.6 is 46.2 Å². The van der Waals surface area contributed by atoms with Gasteiger partial charge in [-0.1, -0.05) is 18.2 Å². The van der Waals surface area contributed by atoms with Gasteiger partial charge in [-0.2, -0.15) is 0 Å². The van der Waals surface area contributed by atoms with Crippen LogP contribution in [0.5, 0.6) is 0 Å². The molecule has 0 aliphatic carbocycles. The molecule has 0 radical (unpaired) electrons. The number of hydrogen-bond donors (Lipinski definition) is 0. The molecule has 3 rings (SSSR count). The lowest BCUT2D eigenvalue weighted by atomic mass is 9.87. The number of hydrogen-bond acceptors (Lipinski definition) is 4. The predicted octanol–water partition coefficient (Wildman–Crippen LogP) is 7.18. The van der Waals surface area contributed by atoms with E-state index < -0.39 is 12.7 Å². The zero-order valence-corrected chi connectivity index (χ0v) is 18.5. The number of anilines is 1. The first-order chi connectivity index (χ1) is 13.0. The van der Waals surface area contributed by atoms with Crippen LogP contribution in [0, 0.1) is 5.41 Å². The third-order valence-electron chi connectivity index (χ3n) is 4.00. The van der Waals surface area contributed by atoms with Gasteiger partial charge in [0.2, 0.25) is 5.91 Å². The highest BCUT2D eigenvalue weighted by Crippen LogP contribution is 2.64. The summed E-state index contributed by atoms with van der Waals surface area (Å²) < 4.78 is 40.0. The van der Waals surface area contributed by atoms with Gasteiger partial charge in [-0.3, -0.25) is 4.79 Å². The summed E-state index contributed by atoms with van der Waals surface area (Å²) in [6, 6.07) is 9.84. The molecular formula is C17H18BF4NOS4. The average Bonchev–Trinajstić information content (AvgIpc) is 3.31. The third kappa shape index (κ3) is 5.31. The van der Waals surface area contributed by atoms with Crippen LogP contribution in [-0.2, 0) is 8.87 Å². The van der Waals surface area contributed by atoms with Gasteiger partial charge in [0.05, 0.1) is 28.1 Å². The maximum absolute atomic E-state index is 13.3. The Morgan fingerprint density at radius 1 is 1.11 bits per heavy atom. The molecule has 0 fully saturated rings. The molecule has 1 aliphatic rings. The molecule has 2 heterocycles. The number of thioether (sulfide) groups is 2. The molecule has 2 nitrogen and oxygen atoms in total. The summed E-state index contributed by atoms with van der Waals surface area (Å²) in [5.41, 5.74) is 0.383. The van der Waals surface area contributed by atoms with Crippen molar-refractivity contribution in [2.45, 2.75) is 17.9 Å². The van der Waals surface area contributed by atoms with Crippen molar-refractivity contribution in [1.29, 1.82) is 0 Å². The SMILES string of the molecule is CN(C(=O)C(C)(C)C1(c2scc[s+]2)SC=CS1)c1ccccc1.F[B-](F)(F)F. The highest BCUT2D eigenvalue weighted by atomic mass is 32.2. The number of benzene rings is 1. The standard InChI is InChI=1S/C17H18NOS4.BF4/c1-16(2,14(19)18(3)13-7-5-4-6-8-13)17(22-11-12-23-17)15-20-9-10-21-15;2-1(3,4)5/h4-12H,1-3H3;/q+1;-1. The molecule has 0 saturated carbocycles. The minimum absolute atomic E-state index is 0.132. The molecule has 0 saturated heterocycles. The van der Waals surface area contributed by atoms with E-state index >= 15 is 0 Å². The molecule has 28 heavy (non-hydrogen) atoms. The number of amides is 1. The summed E-state index contributed by atoms with van der Waals surface area (Å²) in [5.74, 6) is 0.132. The molecule has 1 aromatic carbocycles. The van der Waals surface area contributed by atoms with Gasteiger partial charge in [0.15, 0.2) is 4.08 Å². The number of carbonyl (C=O) groups excluding carboxylic acids is 1. The van der Waals surface area contributed by atoms with Gasteiger partial charge in [-0.25, -0.2) is 0 Å². The van der Waals surface area contributed by atoms with Crippen LogP contribution < -0.4 is 4.90 Å². The van der Waals surface area contributed by atoms with Gasteiger partial charge in [-0.05, 0) is 36.8 Å². The highest BCUT2D eigenvalue weighted by molar-refractivity contribution is 8.23.